The largest absolute Gasteiger partial charge is 0.256 e. The molecule has 260 valence electrons. The molecule has 1 rings (SSSR count). The Morgan fingerprint density at radius 2 is 0.705 bits per heavy atom. The second-order valence-corrected chi connectivity index (χ2v) is 14.5. The van der Waals surface area contributed by atoms with Crippen LogP contribution in [0.3, 0.4) is 0 Å². The fourth-order valence-electron chi connectivity index (χ4n) is 7.03. The molecule has 0 N–H and O–H groups in total. The van der Waals surface area contributed by atoms with Crippen LogP contribution in [0.1, 0.15) is 238 Å². The third kappa shape index (κ3) is 25.4. The lowest BCUT2D eigenvalue weighted by atomic mass is 10.0. The van der Waals surface area contributed by atoms with Gasteiger partial charge >= 0.3 is 0 Å². The highest BCUT2D eigenvalue weighted by atomic mass is 15.1. The molecule has 0 aliphatic heterocycles. The van der Waals surface area contributed by atoms with E-state index in [0.717, 1.165) is 0 Å². The molecular weight excluding hydrogens is 532 g/mol. The number of rotatable bonds is 36. The zero-order valence-corrected chi connectivity index (χ0v) is 31.0. The molecule has 44 heavy (non-hydrogen) atoms. The highest BCUT2D eigenvalue weighted by Crippen LogP contribution is 2.16. The van der Waals surface area contributed by atoms with Crippen LogP contribution in [-0.2, 0) is 19.5 Å². The topological polar surface area (TPSA) is 8.81 Å². The van der Waals surface area contributed by atoms with Crippen LogP contribution in [0.15, 0.2) is 12.4 Å². The van der Waals surface area contributed by atoms with Crippen LogP contribution in [0, 0.1) is 0 Å². The quantitative estimate of drug-likeness (QED) is 0.0524. The Bertz CT molecular complexity index is 638. The smallest absolute Gasteiger partial charge is 0.234 e. The number of aryl methyl sites for hydroxylation is 2. The maximum Gasteiger partial charge on any atom is 0.256 e. The molecule has 1 heterocycles. The molecule has 0 amide bonds. The Hall–Kier alpha value is -0.790. The van der Waals surface area contributed by atoms with E-state index >= 15 is 0 Å². The lowest BCUT2D eigenvalue weighted by Crippen LogP contribution is -2.37. The van der Waals surface area contributed by atoms with Crippen molar-refractivity contribution in [1.29, 1.82) is 0 Å². The fraction of sp³-hybridized carbons (Fsp3) is 0.929. The summed E-state index contributed by atoms with van der Waals surface area (Å²) in [5, 5.41) is 0. The zero-order chi connectivity index (χ0) is 31.6. The van der Waals surface area contributed by atoms with Gasteiger partial charge in [-0.15, -0.1) is 0 Å². The van der Waals surface area contributed by atoms with Gasteiger partial charge in [0.2, 0.25) is 0 Å². The van der Waals surface area contributed by atoms with E-state index in [1.807, 2.05) is 0 Å². The summed E-state index contributed by atoms with van der Waals surface area (Å²) in [6, 6.07) is 0. The number of aromatic nitrogens is 2. The Balaban J connectivity index is 2.26. The molecule has 0 saturated carbocycles. The lowest BCUT2D eigenvalue weighted by molar-refractivity contribution is -0.704. The highest BCUT2D eigenvalue weighted by molar-refractivity contribution is 4.84. The predicted molar refractivity (Wildman–Crippen MR) is 198 cm³/mol. The minimum absolute atomic E-state index is 1.23. The minimum atomic E-state index is 1.23. The summed E-state index contributed by atoms with van der Waals surface area (Å²) in [5.41, 5.74) is 0. The standard InChI is InChI=1S/C42H83N2/c1-4-7-10-13-16-19-20-21-22-23-24-25-28-31-34-37-42-43(38-35-32-29-26-17-14-11-8-5-2)40-41-44(42)39-36-33-30-27-18-15-12-9-6-3/h40-41H,4-39H2,1-3H3/q+1. The summed E-state index contributed by atoms with van der Waals surface area (Å²) in [6.45, 7) is 9.40. The van der Waals surface area contributed by atoms with Crippen LogP contribution in [0.2, 0.25) is 0 Å². The normalized spacial score (nSPS) is 11.6. The van der Waals surface area contributed by atoms with E-state index in [9.17, 15) is 0 Å². The third-order valence-corrected chi connectivity index (χ3v) is 10.1. The number of unbranched alkanes of at least 4 members (excludes halogenated alkanes) is 30. The van der Waals surface area contributed by atoms with Crippen molar-refractivity contribution in [2.75, 3.05) is 0 Å². The van der Waals surface area contributed by atoms with Gasteiger partial charge in [-0.2, -0.15) is 0 Å². The molecule has 0 atom stereocenters. The van der Waals surface area contributed by atoms with Gasteiger partial charge in [0.15, 0.2) is 0 Å². The summed E-state index contributed by atoms with van der Waals surface area (Å²) in [4.78, 5) is 0. The van der Waals surface area contributed by atoms with Gasteiger partial charge in [0, 0.05) is 6.42 Å². The van der Waals surface area contributed by atoms with Gasteiger partial charge in [-0.1, -0.05) is 201 Å². The SMILES string of the molecule is CCCCCCCCCCCCCCCCCc1n(CCCCCCCCCCC)cc[n+]1CCCCCCCCCCC. The van der Waals surface area contributed by atoms with Crippen LogP contribution >= 0.6 is 0 Å². The molecule has 0 fully saturated rings. The maximum absolute atomic E-state index is 2.64. The number of hydrogen-bond donors (Lipinski definition) is 0. The number of nitrogens with zero attached hydrogens (tertiary/aromatic N) is 2. The molecule has 0 aromatic carbocycles. The van der Waals surface area contributed by atoms with Crippen molar-refractivity contribution in [3.63, 3.8) is 0 Å². The highest BCUT2D eigenvalue weighted by Gasteiger charge is 2.16. The first-order valence-corrected chi connectivity index (χ1v) is 20.9. The van der Waals surface area contributed by atoms with E-state index < -0.39 is 0 Å². The van der Waals surface area contributed by atoms with Crippen LogP contribution in [0.5, 0.6) is 0 Å². The number of imidazole rings is 1. The van der Waals surface area contributed by atoms with Crippen LogP contribution in [-0.4, -0.2) is 4.57 Å². The first-order chi connectivity index (χ1) is 21.8. The Morgan fingerprint density at radius 1 is 0.386 bits per heavy atom. The summed E-state index contributed by atoms with van der Waals surface area (Å²) >= 11 is 0. The molecule has 1 aromatic heterocycles. The zero-order valence-electron chi connectivity index (χ0n) is 31.0. The van der Waals surface area contributed by atoms with E-state index in [-0.39, 0.29) is 0 Å². The molecule has 1 aromatic rings. The Labute approximate surface area is 279 Å². The molecule has 0 unspecified atom stereocenters. The molecule has 0 radical (unpaired) electrons. The molecular formula is C42H83N2+. The summed E-state index contributed by atoms with van der Waals surface area (Å²) < 4.78 is 5.28. The van der Waals surface area contributed by atoms with E-state index in [2.05, 4.69) is 42.3 Å². The Kier molecular flexibility index (Phi) is 31.5. The summed E-state index contributed by atoms with van der Waals surface area (Å²) in [7, 11) is 0. The van der Waals surface area contributed by atoms with Gasteiger partial charge in [0.05, 0.1) is 13.1 Å². The van der Waals surface area contributed by atoms with Crippen molar-refractivity contribution in [2.24, 2.45) is 0 Å². The van der Waals surface area contributed by atoms with Crippen LogP contribution in [0.4, 0.5) is 0 Å². The van der Waals surface area contributed by atoms with Gasteiger partial charge in [-0.05, 0) is 32.1 Å². The van der Waals surface area contributed by atoms with Gasteiger partial charge in [0.25, 0.3) is 5.82 Å². The molecule has 0 saturated heterocycles. The van der Waals surface area contributed by atoms with Gasteiger partial charge < -0.3 is 0 Å². The van der Waals surface area contributed by atoms with Crippen molar-refractivity contribution in [2.45, 2.75) is 252 Å². The van der Waals surface area contributed by atoms with Crippen molar-refractivity contribution in [3.8, 4) is 0 Å². The second kappa shape index (κ2) is 33.6. The molecule has 0 aliphatic rings. The van der Waals surface area contributed by atoms with Crippen LogP contribution in [0.25, 0.3) is 0 Å². The number of hydrogen-bond acceptors (Lipinski definition) is 0. The molecule has 0 bridgehead atoms. The molecule has 2 heteroatoms. The van der Waals surface area contributed by atoms with Gasteiger partial charge in [-0.25, -0.2) is 9.13 Å². The predicted octanol–water partition coefficient (Wildman–Crippen LogP) is 14.3. The van der Waals surface area contributed by atoms with Gasteiger partial charge in [-0.3, -0.25) is 0 Å². The monoisotopic (exact) mass is 616 g/mol. The van der Waals surface area contributed by atoms with Crippen molar-refractivity contribution in [3.05, 3.63) is 18.2 Å². The first kappa shape index (κ1) is 41.2. The molecule has 0 spiro atoms. The average Bonchev–Trinajstić information content (AvgIpc) is 3.42. The van der Waals surface area contributed by atoms with Gasteiger partial charge in [0.1, 0.15) is 12.4 Å². The van der Waals surface area contributed by atoms with Crippen molar-refractivity contribution < 1.29 is 4.57 Å². The Morgan fingerprint density at radius 3 is 1.09 bits per heavy atom. The van der Waals surface area contributed by atoms with Crippen molar-refractivity contribution in [1.82, 2.24) is 4.57 Å². The summed E-state index contributed by atoms with van der Waals surface area (Å²) in [5.74, 6) is 1.62. The minimum Gasteiger partial charge on any atom is -0.234 e. The first-order valence-electron chi connectivity index (χ1n) is 20.9. The average molecular weight is 616 g/mol. The second-order valence-electron chi connectivity index (χ2n) is 14.5. The van der Waals surface area contributed by atoms with E-state index in [1.54, 1.807) is 5.82 Å². The van der Waals surface area contributed by atoms with E-state index in [1.165, 1.54) is 231 Å². The van der Waals surface area contributed by atoms with E-state index in [4.69, 9.17) is 0 Å². The van der Waals surface area contributed by atoms with E-state index in [0.29, 0.717) is 0 Å². The lowest BCUT2D eigenvalue weighted by Gasteiger charge is -2.07. The molecule has 2 nitrogen and oxygen atoms in total. The third-order valence-electron chi connectivity index (χ3n) is 10.1. The van der Waals surface area contributed by atoms with Crippen molar-refractivity contribution >= 4 is 0 Å². The summed E-state index contributed by atoms with van der Waals surface area (Å²) in [6.07, 6.45) is 53.4. The molecule has 0 aliphatic carbocycles. The van der Waals surface area contributed by atoms with Crippen LogP contribution < -0.4 is 4.57 Å². The fourth-order valence-corrected chi connectivity index (χ4v) is 7.03. The maximum atomic E-state index is 2.64.